The first-order chi connectivity index (χ1) is 10.2. The summed E-state index contributed by atoms with van der Waals surface area (Å²) >= 11 is 0. The molecular weight excluding hydrogens is 276 g/mol. The molecule has 4 heteroatoms. The van der Waals surface area contributed by atoms with E-state index in [0.29, 0.717) is 12.3 Å². The van der Waals surface area contributed by atoms with Crippen LogP contribution in [0.2, 0.25) is 0 Å². The van der Waals surface area contributed by atoms with Gasteiger partial charge >= 0.3 is 0 Å². The summed E-state index contributed by atoms with van der Waals surface area (Å²) in [5.41, 5.74) is 0.424. The molecule has 1 saturated heterocycles. The average molecular weight is 310 g/mol. The number of piperidine rings is 1. The molecule has 0 spiro atoms. The first-order valence-corrected chi connectivity index (χ1v) is 8.70. The Morgan fingerprint density at radius 3 is 2.23 bits per heavy atom. The average Bonchev–Trinajstić information content (AvgIpc) is 2.28. The number of carbonyl (C=O) groups is 1. The van der Waals surface area contributed by atoms with Crippen molar-refractivity contribution in [2.45, 2.75) is 77.3 Å². The van der Waals surface area contributed by atoms with E-state index in [4.69, 9.17) is 4.74 Å². The zero-order valence-corrected chi connectivity index (χ0v) is 15.1. The van der Waals surface area contributed by atoms with Crippen LogP contribution in [0.3, 0.4) is 0 Å². The number of ether oxygens (including phenoxy) is 1. The lowest BCUT2D eigenvalue weighted by Gasteiger charge is -2.46. The summed E-state index contributed by atoms with van der Waals surface area (Å²) in [5.74, 6) is 0.673. The Labute approximate surface area is 135 Å². The lowest BCUT2D eigenvalue weighted by molar-refractivity contribution is -0.123. The van der Waals surface area contributed by atoms with Crippen LogP contribution in [0.25, 0.3) is 0 Å². The molecule has 2 aliphatic rings. The summed E-state index contributed by atoms with van der Waals surface area (Å²) in [5, 5.41) is 6.85. The summed E-state index contributed by atoms with van der Waals surface area (Å²) in [6.45, 7) is 10.5. The molecule has 1 amide bonds. The van der Waals surface area contributed by atoms with E-state index in [1.165, 1.54) is 19.3 Å². The molecule has 0 aromatic carbocycles. The second-order valence-corrected chi connectivity index (χ2v) is 8.93. The second-order valence-electron chi connectivity index (χ2n) is 8.93. The van der Waals surface area contributed by atoms with Crippen molar-refractivity contribution in [3.63, 3.8) is 0 Å². The van der Waals surface area contributed by atoms with Crippen LogP contribution >= 0.6 is 0 Å². The van der Waals surface area contributed by atoms with Gasteiger partial charge in [0.2, 0.25) is 5.91 Å². The van der Waals surface area contributed by atoms with Gasteiger partial charge in [-0.25, -0.2) is 0 Å². The van der Waals surface area contributed by atoms with Gasteiger partial charge in [0.05, 0.1) is 6.61 Å². The van der Waals surface area contributed by atoms with Crippen molar-refractivity contribution in [3.05, 3.63) is 0 Å². The molecule has 2 rings (SSSR count). The van der Waals surface area contributed by atoms with Crippen LogP contribution in [0.5, 0.6) is 0 Å². The van der Waals surface area contributed by atoms with Gasteiger partial charge in [0.15, 0.2) is 0 Å². The van der Waals surface area contributed by atoms with Crippen molar-refractivity contribution in [1.82, 2.24) is 10.6 Å². The summed E-state index contributed by atoms with van der Waals surface area (Å²) in [6, 6.07) is 0. The highest BCUT2D eigenvalue weighted by Gasteiger charge is 2.39. The minimum atomic E-state index is 0.109. The molecule has 2 fully saturated rings. The molecule has 128 valence electrons. The third-order valence-electron chi connectivity index (χ3n) is 5.27. The Balaban J connectivity index is 1.81. The van der Waals surface area contributed by atoms with Gasteiger partial charge in [0.25, 0.3) is 0 Å². The van der Waals surface area contributed by atoms with Crippen LogP contribution < -0.4 is 10.6 Å². The van der Waals surface area contributed by atoms with Crippen molar-refractivity contribution in [1.29, 1.82) is 0 Å². The van der Waals surface area contributed by atoms with E-state index in [1.807, 2.05) is 0 Å². The highest BCUT2D eigenvalue weighted by atomic mass is 16.5. The smallest absolute Gasteiger partial charge is 0.220 e. The van der Waals surface area contributed by atoms with Crippen molar-refractivity contribution in [2.24, 2.45) is 11.3 Å². The summed E-state index contributed by atoms with van der Waals surface area (Å²) in [7, 11) is 1.75. The number of nitrogens with one attached hydrogen (secondary N) is 2. The van der Waals surface area contributed by atoms with Gasteiger partial charge in [-0.1, -0.05) is 6.42 Å². The van der Waals surface area contributed by atoms with Crippen LogP contribution in [0, 0.1) is 11.3 Å². The fourth-order valence-corrected chi connectivity index (χ4v) is 4.65. The Kier molecular flexibility index (Phi) is 5.23. The first kappa shape index (κ1) is 17.7. The fraction of sp³-hybridized carbons (Fsp3) is 0.944. The number of rotatable bonds is 6. The van der Waals surface area contributed by atoms with Crippen LogP contribution in [-0.4, -0.2) is 37.2 Å². The van der Waals surface area contributed by atoms with E-state index in [2.05, 4.69) is 38.3 Å². The third kappa shape index (κ3) is 4.69. The summed E-state index contributed by atoms with van der Waals surface area (Å²) in [4.78, 5) is 12.4. The summed E-state index contributed by atoms with van der Waals surface area (Å²) < 4.78 is 5.33. The van der Waals surface area contributed by atoms with Gasteiger partial charge in [-0.3, -0.25) is 4.79 Å². The minimum absolute atomic E-state index is 0.109. The largest absolute Gasteiger partial charge is 0.384 e. The summed E-state index contributed by atoms with van der Waals surface area (Å²) in [6.07, 6.45) is 6.39. The Morgan fingerprint density at radius 2 is 1.77 bits per heavy atom. The molecule has 0 atom stereocenters. The molecule has 1 heterocycles. The molecule has 4 nitrogen and oxygen atoms in total. The van der Waals surface area contributed by atoms with Gasteiger partial charge in [-0.05, 0) is 59.3 Å². The van der Waals surface area contributed by atoms with Crippen LogP contribution in [0.1, 0.15) is 66.2 Å². The van der Waals surface area contributed by atoms with E-state index in [0.717, 1.165) is 26.0 Å². The quantitative estimate of drug-likeness (QED) is 0.793. The zero-order valence-electron chi connectivity index (χ0n) is 15.1. The maximum atomic E-state index is 12.4. The Hall–Kier alpha value is -0.610. The molecular formula is C18H34N2O2. The number of amides is 1. The van der Waals surface area contributed by atoms with Gasteiger partial charge in [-0.15, -0.1) is 0 Å². The zero-order chi connectivity index (χ0) is 16.4. The highest BCUT2D eigenvalue weighted by molar-refractivity contribution is 5.76. The van der Waals surface area contributed by atoms with Gasteiger partial charge in [0.1, 0.15) is 0 Å². The van der Waals surface area contributed by atoms with E-state index < -0.39 is 0 Å². The molecule has 0 unspecified atom stereocenters. The number of methoxy groups -OCH3 is 1. The molecule has 0 bridgehead atoms. The first-order valence-electron chi connectivity index (χ1n) is 8.70. The molecule has 0 aromatic heterocycles. The maximum absolute atomic E-state index is 12.4. The molecule has 2 N–H and O–H groups in total. The van der Waals surface area contributed by atoms with E-state index in [-0.39, 0.29) is 22.4 Å². The van der Waals surface area contributed by atoms with E-state index in [1.54, 1.807) is 7.11 Å². The maximum Gasteiger partial charge on any atom is 0.220 e. The van der Waals surface area contributed by atoms with Gasteiger partial charge in [-0.2, -0.15) is 0 Å². The predicted octanol–water partition coefficient (Wildman–Crippen LogP) is 2.87. The van der Waals surface area contributed by atoms with Crippen molar-refractivity contribution in [3.8, 4) is 0 Å². The molecule has 1 aliphatic heterocycles. The van der Waals surface area contributed by atoms with E-state index in [9.17, 15) is 4.79 Å². The lowest BCUT2D eigenvalue weighted by atomic mass is 9.69. The molecule has 0 radical (unpaired) electrons. The molecule has 0 aromatic rings. The number of carbonyl (C=O) groups excluding carboxylic acids is 1. The Morgan fingerprint density at radius 1 is 1.18 bits per heavy atom. The van der Waals surface area contributed by atoms with E-state index >= 15 is 0 Å². The van der Waals surface area contributed by atoms with Gasteiger partial charge in [0, 0.05) is 36.6 Å². The van der Waals surface area contributed by atoms with Gasteiger partial charge < -0.3 is 15.4 Å². The monoisotopic (exact) mass is 310 g/mol. The Bertz CT molecular complexity index is 384. The fourth-order valence-electron chi connectivity index (χ4n) is 4.65. The minimum Gasteiger partial charge on any atom is -0.384 e. The number of hydrogen-bond donors (Lipinski definition) is 2. The van der Waals surface area contributed by atoms with Crippen LogP contribution in [0.15, 0.2) is 0 Å². The predicted molar refractivity (Wildman–Crippen MR) is 89.8 cm³/mol. The van der Waals surface area contributed by atoms with Crippen molar-refractivity contribution >= 4 is 5.91 Å². The normalized spacial score (nSPS) is 26.2. The molecule has 1 saturated carbocycles. The molecule has 22 heavy (non-hydrogen) atoms. The van der Waals surface area contributed by atoms with Crippen LogP contribution in [-0.2, 0) is 9.53 Å². The SMILES string of the molecule is COCC1(CNC(=O)CC2CC(C)(C)NC(C)(C)C2)CCC1. The third-order valence-corrected chi connectivity index (χ3v) is 5.27. The van der Waals surface area contributed by atoms with Crippen molar-refractivity contribution < 1.29 is 9.53 Å². The number of hydrogen-bond acceptors (Lipinski definition) is 3. The van der Waals surface area contributed by atoms with Crippen molar-refractivity contribution in [2.75, 3.05) is 20.3 Å². The molecule has 1 aliphatic carbocycles. The standard InChI is InChI=1S/C18H34N2O2/c1-16(2)10-14(11-17(3,4)20-16)9-15(21)19-12-18(13-22-5)7-6-8-18/h14,20H,6-13H2,1-5H3,(H,19,21). The topological polar surface area (TPSA) is 50.4 Å². The lowest BCUT2D eigenvalue weighted by Crippen LogP contribution is -2.58. The highest BCUT2D eigenvalue weighted by Crippen LogP contribution is 2.40. The van der Waals surface area contributed by atoms with Crippen LogP contribution in [0.4, 0.5) is 0 Å². The second kappa shape index (κ2) is 6.48.